The molecule has 0 aliphatic carbocycles. The molecule has 140 valence electrons. The van der Waals surface area contributed by atoms with Crippen molar-refractivity contribution in [2.75, 3.05) is 36.8 Å². The predicted octanol–water partition coefficient (Wildman–Crippen LogP) is 3.32. The van der Waals surface area contributed by atoms with E-state index in [9.17, 15) is 4.79 Å². The molecule has 0 radical (unpaired) electrons. The van der Waals surface area contributed by atoms with Gasteiger partial charge in [0.05, 0.1) is 16.8 Å². The Bertz CT molecular complexity index is 960. The summed E-state index contributed by atoms with van der Waals surface area (Å²) in [6.07, 6.45) is 0. The lowest BCUT2D eigenvalue weighted by molar-refractivity contribution is -0.128. The average Bonchev–Trinajstić information content (AvgIpc) is 3.02. The fourth-order valence-corrected chi connectivity index (χ4v) is 4.40. The molecule has 0 N–H and O–H groups in total. The Balaban J connectivity index is 1.33. The number of para-hydroxylation sites is 2. The van der Waals surface area contributed by atoms with Crippen LogP contribution >= 0.6 is 11.8 Å². The van der Waals surface area contributed by atoms with Crippen molar-refractivity contribution in [3.8, 4) is 0 Å². The topological polar surface area (TPSA) is 41.4 Å². The number of benzene rings is 2. The van der Waals surface area contributed by atoms with Gasteiger partial charge in [-0.05, 0) is 36.8 Å². The smallest absolute Gasteiger partial charge is 0.233 e. The maximum absolute atomic E-state index is 12.6. The van der Waals surface area contributed by atoms with Crippen LogP contribution in [0.2, 0.25) is 0 Å². The van der Waals surface area contributed by atoms with E-state index in [-0.39, 0.29) is 5.91 Å². The number of anilines is 1. The number of hydrogen-bond donors (Lipinski definition) is 0. The maximum atomic E-state index is 12.6. The zero-order chi connectivity index (χ0) is 18.8. The van der Waals surface area contributed by atoms with Crippen LogP contribution in [0.5, 0.6) is 0 Å². The Morgan fingerprint density at radius 1 is 1.07 bits per heavy atom. The van der Waals surface area contributed by atoms with E-state index in [0.717, 1.165) is 42.4 Å². The molecule has 0 spiro atoms. The number of nitrogens with zero attached hydrogens (tertiary/aromatic N) is 4. The Hall–Kier alpha value is -2.47. The van der Waals surface area contributed by atoms with Gasteiger partial charge in [0.2, 0.25) is 5.91 Å². The van der Waals surface area contributed by atoms with Crippen LogP contribution in [-0.2, 0) is 11.8 Å². The van der Waals surface area contributed by atoms with E-state index in [1.54, 1.807) is 0 Å². The molecule has 0 atom stereocenters. The van der Waals surface area contributed by atoms with Crippen molar-refractivity contribution in [1.29, 1.82) is 0 Å². The molecule has 2 aromatic carbocycles. The summed E-state index contributed by atoms with van der Waals surface area (Å²) in [4.78, 5) is 21.6. The van der Waals surface area contributed by atoms with Crippen LogP contribution in [0.1, 0.15) is 5.56 Å². The number of aryl methyl sites for hydroxylation is 2. The Kier molecular flexibility index (Phi) is 5.07. The van der Waals surface area contributed by atoms with E-state index in [0.29, 0.717) is 5.75 Å². The fourth-order valence-electron chi connectivity index (χ4n) is 3.51. The zero-order valence-electron chi connectivity index (χ0n) is 15.8. The van der Waals surface area contributed by atoms with Gasteiger partial charge in [-0.15, -0.1) is 0 Å². The molecule has 3 aromatic rings. The van der Waals surface area contributed by atoms with Crippen molar-refractivity contribution in [3.05, 3.63) is 54.1 Å². The normalized spacial score (nSPS) is 14.7. The van der Waals surface area contributed by atoms with E-state index >= 15 is 0 Å². The molecule has 2 heterocycles. The average molecular weight is 381 g/mol. The Labute approximate surface area is 164 Å². The molecule has 27 heavy (non-hydrogen) atoms. The second kappa shape index (κ2) is 7.64. The third-order valence-corrected chi connectivity index (χ3v) is 6.08. The molecule has 1 aliphatic heterocycles. The maximum Gasteiger partial charge on any atom is 0.233 e. The second-order valence-electron chi connectivity index (χ2n) is 6.94. The molecule has 0 bridgehead atoms. The van der Waals surface area contributed by atoms with Gasteiger partial charge in [0, 0.05) is 38.9 Å². The minimum atomic E-state index is 0.191. The molecular formula is C21H24N4OS. The van der Waals surface area contributed by atoms with E-state index < -0.39 is 0 Å². The van der Waals surface area contributed by atoms with Crippen LogP contribution in [0.3, 0.4) is 0 Å². The number of fused-ring (bicyclic) bond motifs is 1. The van der Waals surface area contributed by atoms with Gasteiger partial charge in [0.1, 0.15) is 0 Å². The summed E-state index contributed by atoms with van der Waals surface area (Å²) in [6.45, 7) is 5.42. The SMILES string of the molecule is Cc1cccc(N2CCN(C(=O)CSc3nc4ccccc4n3C)CC2)c1. The number of imidazole rings is 1. The highest BCUT2D eigenvalue weighted by molar-refractivity contribution is 7.99. The second-order valence-corrected chi connectivity index (χ2v) is 7.88. The number of rotatable bonds is 4. The van der Waals surface area contributed by atoms with Gasteiger partial charge in [-0.1, -0.05) is 36.0 Å². The third kappa shape index (κ3) is 3.81. The van der Waals surface area contributed by atoms with E-state index in [1.165, 1.54) is 23.0 Å². The summed E-state index contributed by atoms with van der Waals surface area (Å²) in [6, 6.07) is 16.6. The van der Waals surface area contributed by atoms with Crippen LogP contribution in [0, 0.1) is 6.92 Å². The van der Waals surface area contributed by atoms with Gasteiger partial charge >= 0.3 is 0 Å². The number of piperazine rings is 1. The number of thioether (sulfide) groups is 1. The first-order valence-electron chi connectivity index (χ1n) is 9.25. The molecule has 1 aliphatic rings. The fraction of sp³-hybridized carbons (Fsp3) is 0.333. The summed E-state index contributed by atoms with van der Waals surface area (Å²) in [7, 11) is 2.00. The van der Waals surface area contributed by atoms with E-state index in [2.05, 4.69) is 51.7 Å². The van der Waals surface area contributed by atoms with E-state index in [4.69, 9.17) is 0 Å². The first-order valence-corrected chi connectivity index (χ1v) is 10.2. The summed E-state index contributed by atoms with van der Waals surface area (Å²) in [5.41, 5.74) is 4.59. The van der Waals surface area contributed by atoms with Gasteiger partial charge in [-0.2, -0.15) is 0 Å². The van der Waals surface area contributed by atoms with Crippen LogP contribution in [-0.4, -0.2) is 52.3 Å². The first kappa shape index (κ1) is 17.9. The molecule has 1 amide bonds. The van der Waals surface area contributed by atoms with Gasteiger partial charge in [-0.25, -0.2) is 4.98 Å². The monoisotopic (exact) mass is 380 g/mol. The number of aromatic nitrogens is 2. The highest BCUT2D eigenvalue weighted by Gasteiger charge is 2.22. The predicted molar refractivity (Wildman–Crippen MR) is 111 cm³/mol. The van der Waals surface area contributed by atoms with Crippen LogP contribution in [0.15, 0.2) is 53.7 Å². The third-order valence-electron chi connectivity index (χ3n) is 5.07. The number of hydrogen-bond acceptors (Lipinski definition) is 4. The molecule has 0 saturated carbocycles. The highest BCUT2D eigenvalue weighted by Crippen LogP contribution is 2.23. The summed E-state index contributed by atoms with van der Waals surface area (Å²) < 4.78 is 2.06. The molecule has 5 nitrogen and oxygen atoms in total. The Morgan fingerprint density at radius 3 is 2.59 bits per heavy atom. The lowest BCUT2D eigenvalue weighted by Crippen LogP contribution is -2.49. The molecule has 6 heteroatoms. The first-order chi connectivity index (χ1) is 13.1. The zero-order valence-corrected chi connectivity index (χ0v) is 16.6. The minimum absolute atomic E-state index is 0.191. The summed E-state index contributed by atoms with van der Waals surface area (Å²) in [5.74, 6) is 0.623. The van der Waals surface area contributed by atoms with E-state index in [1.807, 2.05) is 30.1 Å². The van der Waals surface area contributed by atoms with Gasteiger partial charge in [0.15, 0.2) is 5.16 Å². The van der Waals surface area contributed by atoms with Crippen LogP contribution in [0.25, 0.3) is 11.0 Å². The quantitative estimate of drug-likeness (QED) is 0.651. The van der Waals surface area contributed by atoms with Crippen molar-refractivity contribution >= 4 is 34.4 Å². The largest absolute Gasteiger partial charge is 0.368 e. The number of carbonyl (C=O) groups excluding carboxylic acids is 1. The highest BCUT2D eigenvalue weighted by atomic mass is 32.2. The molecule has 1 fully saturated rings. The molecule has 1 saturated heterocycles. The lowest BCUT2D eigenvalue weighted by atomic mass is 10.2. The minimum Gasteiger partial charge on any atom is -0.368 e. The summed E-state index contributed by atoms with van der Waals surface area (Å²) in [5, 5.41) is 0.892. The van der Waals surface area contributed by atoms with Crippen molar-refractivity contribution in [1.82, 2.24) is 14.5 Å². The standard InChI is InChI=1S/C21H24N4OS/c1-16-6-5-7-17(14-16)24-10-12-25(13-11-24)20(26)15-27-21-22-18-8-3-4-9-19(18)23(21)2/h3-9,14H,10-13,15H2,1-2H3. The van der Waals surface area contributed by atoms with Crippen molar-refractivity contribution in [3.63, 3.8) is 0 Å². The van der Waals surface area contributed by atoms with Gasteiger partial charge < -0.3 is 14.4 Å². The Morgan fingerprint density at radius 2 is 1.85 bits per heavy atom. The van der Waals surface area contributed by atoms with Crippen LogP contribution in [0.4, 0.5) is 5.69 Å². The lowest BCUT2D eigenvalue weighted by Gasteiger charge is -2.36. The summed E-state index contributed by atoms with van der Waals surface area (Å²) >= 11 is 1.52. The molecular weight excluding hydrogens is 356 g/mol. The van der Waals surface area contributed by atoms with Crippen molar-refractivity contribution in [2.24, 2.45) is 7.05 Å². The van der Waals surface area contributed by atoms with Crippen molar-refractivity contribution < 1.29 is 4.79 Å². The molecule has 4 rings (SSSR count). The van der Waals surface area contributed by atoms with Crippen LogP contribution < -0.4 is 4.90 Å². The molecule has 0 unspecified atom stereocenters. The number of amides is 1. The van der Waals surface area contributed by atoms with Crippen molar-refractivity contribution in [2.45, 2.75) is 12.1 Å². The number of carbonyl (C=O) groups is 1. The van der Waals surface area contributed by atoms with Gasteiger partial charge in [-0.3, -0.25) is 4.79 Å². The van der Waals surface area contributed by atoms with Gasteiger partial charge in [0.25, 0.3) is 0 Å². The molecule has 1 aromatic heterocycles.